The van der Waals surface area contributed by atoms with Gasteiger partial charge in [-0.3, -0.25) is 0 Å². The standard InChI is InChI=1S/C52H35NO/c1-4-13-36(14-5-1)39-23-28-44(29-24-39)53(45-30-25-40(26-31-45)37-15-6-2-7-16-37)49-32-27-43(38-17-8-3-9-18-38)33-47(49)46-21-12-22-50-52(46)48-34-41-19-10-11-20-42(41)35-51(48)54-50/h1-35H. The van der Waals surface area contributed by atoms with E-state index in [4.69, 9.17) is 4.42 Å². The molecular weight excluding hydrogens is 655 g/mol. The maximum atomic E-state index is 6.60. The fourth-order valence-corrected chi connectivity index (χ4v) is 7.79. The molecule has 0 radical (unpaired) electrons. The molecule has 0 spiro atoms. The van der Waals surface area contributed by atoms with Crippen molar-refractivity contribution in [2.24, 2.45) is 0 Å². The van der Waals surface area contributed by atoms with Crippen LogP contribution in [-0.2, 0) is 0 Å². The highest BCUT2D eigenvalue weighted by molar-refractivity contribution is 6.17. The number of nitrogens with zero attached hydrogens (tertiary/aromatic N) is 1. The average molecular weight is 690 g/mol. The van der Waals surface area contributed by atoms with Crippen LogP contribution >= 0.6 is 0 Å². The molecule has 54 heavy (non-hydrogen) atoms. The van der Waals surface area contributed by atoms with Crippen molar-refractivity contribution in [1.29, 1.82) is 0 Å². The summed E-state index contributed by atoms with van der Waals surface area (Å²) in [5, 5.41) is 4.59. The summed E-state index contributed by atoms with van der Waals surface area (Å²) < 4.78 is 6.60. The minimum Gasteiger partial charge on any atom is -0.456 e. The molecule has 0 saturated heterocycles. The number of benzene rings is 9. The van der Waals surface area contributed by atoms with E-state index in [-0.39, 0.29) is 0 Å². The van der Waals surface area contributed by atoms with Crippen molar-refractivity contribution < 1.29 is 4.42 Å². The molecule has 2 nitrogen and oxygen atoms in total. The zero-order valence-electron chi connectivity index (χ0n) is 29.6. The van der Waals surface area contributed by atoms with Crippen molar-refractivity contribution in [2.75, 3.05) is 4.90 Å². The number of hydrogen-bond acceptors (Lipinski definition) is 2. The molecule has 2 heteroatoms. The van der Waals surface area contributed by atoms with Gasteiger partial charge in [0.15, 0.2) is 0 Å². The third kappa shape index (κ3) is 5.71. The van der Waals surface area contributed by atoms with E-state index < -0.39 is 0 Å². The van der Waals surface area contributed by atoms with Gasteiger partial charge in [0.2, 0.25) is 0 Å². The van der Waals surface area contributed by atoms with E-state index in [0.29, 0.717) is 0 Å². The molecule has 10 aromatic rings. The van der Waals surface area contributed by atoms with Crippen LogP contribution < -0.4 is 4.90 Å². The molecule has 0 bridgehead atoms. The van der Waals surface area contributed by atoms with E-state index in [1.807, 2.05) is 0 Å². The van der Waals surface area contributed by atoms with Crippen LogP contribution in [0, 0.1) is 0 Å². The molecule has 254 valence electrons. The van der Waals surface area contributed by atoms with Gasteiger partial charge in [-0.05, 0) is 104 Å². The van der Waals surface area contributed by atoms with Crippen LogP contribution in [0.3, 0.4) is 0 Å². The fraction of sp³-hybridized carbons (Fsp3) is 0. The molecule has 1 heterocycles. The zero-order chi connectivity index (χ0) is 35.8. The van der Waals surface area contributed by atoms with E-state index in [2.05, 4.69) is 217 Å². The van der Waals surface area contributed by atoms with E-state index >= 15 is 0 Å². The highest BCUT2D eigenvalue weighted by Crippen LogP contribution is 2.47. The quantitative estimate of drug-likeness (QED) is 0.166. The lowest BCUT2D eigenvalue weighted by molar-refractivity contribution is 0.669. The summed E-state index contributed by atoms with van der Waals surface area (Å²) in [6.07, 6.45) is 0. The SMILES string of the molecule is c1ccc(-c2ccc(N(c3ccc(-c4ccccc4)cc3)c3ccc(-c4ccccc4)cc3-c3cccc4oc5cc6ccccc6cc5c34)cc2)cc1. The Bertz CT molecular complexity index is 2810. The second-order valence-electron chi connectivity index (χ2n) is 13.7. The number of furan rings is 1. The zero-order valence-corrected chi connectivity index (χ0v) is 29.6. The van der Waals surface area contributed by atoms with Gasteiger partial charge < -0.3 is 9.32 Å². The Hall–Kier alpha value is -7.16. The first-order chi connectivity index (χ1) is 26.8. The number of anilines is 3. The van der Waals surface area contributed by atoms with Crippen LogP contribution in [0.2, 0.25) is 0 Å². The monoisotopic (exact) mass is 689 g/mol. The number of fused-ring (bicyclic) bond motifs is 4. The smallest absolute Gasteiger partial charge is 0.136 e. The van der Waals surface area contributed by atoms with Gasteiger partial charge in [0, 0.05) is 27.7 Å². The first-order valence-corrected chi connectivity index (χ1v) is 18.4. The molecule has 9 aromatic carbocycles. The van der Waals surface area contributed by atoms with Gasteiger partial charge in [-0.1, -0.05) is 158 Å². The second-order valence-corrected chi connectivity index (χ2v) is 13.7. The van der Waals surface area contributed by atoms with Gasteiger partial charge in [-0.15, -0.1) is 0 Å². The largest absolute Gasteiger partial charge is 0.456 e. The molecular formula is C52H35NO. The van der Waals surface area contributed by atoms with Gasteiger partial charge >= 0.3 is 0 Å². The maximum Gasteiger partial charge on any atom is 0.136 e. The average Bonchev–Trinajstić information content (AvgIpc) is 3.62. The molecule has 10 rings (SSSR count). The van der Waals surface area contributed by atoms with Crippen LogP contribution in [0.25, 0.3) is 77.2 Å². The molecule has 0 atom stereocenters. The van der Waals surface area contributed by atoms with E-state index in [9.17, 15) is 0 Å². The summed E-state index contributed by atoms with van der Waals surface area (Å²) in [6, 6.07) is 75.9. The summed E-state index contributed by atoms with van der Waals surface area (Å²) in [5.74, 6) is 0. The minimum atomic E-state index is 0.875. The van der Waals surface area contributed by atoms with E-state index in [0.717, 1.165) is 55.7 Å². The summed E-state index contributed by atoms with van der Waals surface area (Å²) in [5.41, 5.74) is 14.3. The molecule has 0 aliphatic carbocycles. The third-order valence-corrected chi connectivity index (χ3v) is 10.5. The normalized spacial score (nSPS) is 11.3. The van der Waals surface area contributed by atoms with E-state index in [1.54, 1.807) is 0 Å². The molecule has 0 N–H and O–H groups in total. The highest BCUT2D eigenvalue weighted by atomic mass is 16.3. The number of rotatable bonds is 7. The first kappa shape index (κ1) is 31.6. The predicted molar refractivity (Wildman–Crippen MR) is 228 cm³/mol. The van der Waals surface area contributed by atoms with Gasteiger partial charge in [0.05, 0.1) is 5.69 Å². The molecule has 0 unspecified atom stereocenters. The Morgan fingerprint density at radius 3 is 1.37 bits per heavy atom. The Morgan fingerprint density at radius 2 is 0.796 bits per heavy atom. The van der Waals surface area contributed by atoms with Crippen LogP contribution in [0.1, 0.15) is 0 Å². The van der Waals surface area contributed by atoms with Gasteiger partial charge in [-0.25, -0.2) is 0 Å². The van der Waals surface area contributed by atoms with Crippen LogP contribution in [0.15, 0.2) is 217 Å². The van der Waals surface area contributed by atoms with Crippen molar-refractivity contribution in [1.82, 2.24) is 0 Å². The van der Waals surface area contributed by atoms with Crippen molar-refractivity contribution in [2.45, 2.75) is 0 Å². The third-order valence-electron chi connectivity index (χ3n) is 10.5. The van der Waals surface area contributed by atoms with Crippen LogP contribution in [0.4, 0.5) is 17.1 Å². The predicted octanol–water partition coefficient (Wildman–Crippen LogP) is 14.9. The van der Waals surface area contributed by atoms with Crippen LogP contribution in [0.5, 0.6) is 0 Å². The molecule has 0 aliphatic rings. The molecule has 0 aliphatic heterocycles. The van der Waals surface area contributed by atoms with Crippen molar-refractivity contribution >= 4 is 49.8 Å². The fourth-order valence-electron chi connectivity index (χ4n) is 7.79. The van der Waals surface area contributed by atoms with Gasteiger partial charge in [0.1, 0.15) is 11.2 Å². The Labute approximate surface area is 314 Å². The van der Waals surface area contributed by atoms with E-state index in [1.165, 1.54) is 38.6 Å². The Kier molecular flexibility index (Phi) is 7.85. The lowest BCUT2D eigenvalue weighted by atomic mass is 9.93. The lowest BCUT2D eigenvalue weighted by Gasteiger charge is -2.29. The van der Waals surface area contributed by atoms with Gasteiger partial charge in [-0.2, -0.15) is 0 Å². The summed E-state index contributed by atoms with van der Waals surface area (Å²) in [6.45, 7) is 0. The first-order valence-electron chi connectivity index (χ1n) is 18.4. The molecule has 0 saturated carbocycles. The highest BCUT2D eigenvalue weighted by Gasteiger charge is 2.22. The topological polar surface area (TPSA) is 16.4 Å². The molecule has 1 aromatic heterocycles. The summed E-state index contributed by atoms with van der Waals surface area (Å²) in [7, 11) is 0. The van der Waals surface area contributed by atoms with Crippen molar-refractivity contribution in [3.8, 4) is 44.5 Å². The summed E-state index contributed by atoms with van der Waals surface area (Å²) >= 11 is 0. The van der Waals surface area contributed by atoms with Crippen molar-refractivity contribution in [3.63, 3.8) is 0 Å². The maximum absolute atomic E-state index is 6.60. The minimum absolute atomic E-state index is 0.875. The number of hydrogen-bond donors (Lipinski definition) is 0. The van der Waals surface area contributed by atoms with Gasteiger partial charge in [0.25, 0.3) is 0 Å². The Balaban J connectivity index is 1.22. The second kappa shape index (κ2) is 13.4. The molecule has 0 fully saturated rings. The van der Waals surface area contributed by atoms with Crippen LogP contribution in [-0.4, -0.2) is 0 Å². The molecule has 0 amide bonds. The van der Waals surface area contributed by atoms with Crippen molar-refractivity contribution in [3.05, 3.63) is 212 Å². The lowest BCUT2D eigenvalue weighted by Crippen LogP contribution is -2.11. The summed E-state index contributed by atoms with van der Waals surface area (Å²) in [4.78, 5) is 2.39. The Morgan fingerprint density at radius 1 is 0.315 bits per heavy atom.